The highest BCUT2D eigenvalue weighted by Crippen LogP contribution is 2.37. The summed E-state index contributed by atoms with van der Waals surface area (Å²) in [6.45, 7) is 1.35. The fourth-order valence-electron chi connectivity index (χ4n) is 3.11. The molecule has 1 aromatic heterocycles. The van der Waals surface area contributed by atoms with E-state index >= 15 is 0 Å². The van der Waals surface area contributed by atoms with Gasteiger partial charge >= 0.3 is 0 Å². The number of nitrogens with one attached hydrogen (secondary N) is 2. The zero-order valence-corrected chi connectivity index (χ0v) is 16.7. The van der Waals surface area contributed by atoms with Crippen molar-refractivity contribution in [3.05, 3.63) is 58.1 Å². The van der Waals surface area contributed by atoms with Gasteiger partial charge in [-0.1, -0.05) is 35.5 Å². The van der Waals surface area contributed by atoms with Gasteiger partial charge in [0.2, 0.25) is 0 Å². The lowest BCUT2D eigenvalue weighted by atomic mass is 10.0. The second kappa shape index (κ2) is 7.17. The first kappa shape index (κ1) is 17.8. The number of aromatic hydroxyl groups is 1. The smallest absolute Gasteiger partial charge is 0.199 e. The van der Waals surface area contributed by atoms with Crippen LogP contribution in [0.2, 0.25) is 0 Å². The van der Waals surface area contributed by atoms with Crippen LogP contribution in [0.25, 0.3) is 10.9 Å². The number of aliphatic imine (C=N–C) groups is 1. The second-order valence-electron chi connectivity index (χ2n) is 6.72. The van der Waals surface area contributed by atoms with Crippen molar-refractivity contribution in [2.75, 3.05) is 27.2 Å². The van der Waals surface area contributed by atoms with E-state index in [-0.39, 0.29) is 5.88 Å². The molecule has 7 heteroatoms. The number of benzene rings is 2. The number of fused-ring (bicyclic) bond motifs is 2. The maximum atomic E-state index is 10.6. The van der Waals surface area contributed by atoms with Gasteiger partial charge in [-0.3, -0.25) is 0 Å². The average molecular weight is 428 g/mol. The number of oxime groups is 1. The van der Waals surface area contributed by atoms with E-state index in [1.54, 1.807) is 0 Å². The SMILES string of the molecule is C[NH+](C)CCO/N=C1/C(c2c(O)[nH]c3c(Br)cccc23)=Nc2ccccc21. The molecule has 0 radical (unpaired) electrons. The summed E-state index contributed by atoms with van der Waals surface area (Å²) in [5.74, 6) is 0.0638. The van der Waals surface area contributed by atoms with Crippen molar-refractivity contribution in [1.29, 1.82) is 0 Å². The van der Waals surface area contributed by atoms with E-state index in [2.05, 4.69) is 40.2 Å². The van der Waals surface area contributed by atoms with Crippen molar-refractivity contribution < 1.29 is 14.8 Å². The molecular weight excluding hydrogens is 408 g/mol. The van der Waals surface area contributed by atoms with Crippen molar-refractivity contribution in [1.82, 2.24) is 4.98 Å². The van der Waals surface area contributed by atoms with Crippen LogP contribution < -0.4 is 4.90 Å². The quantitative estimate of drug-likeness (QED) is 0.432. The van der Waals surface area contributed by atoms with E-state index in [4.69, 9.17) is 9.83 Å². The molecule has 0 spiro atoms. The number of para-hydroxylation sites is 2. The molecule has 3 N–H and O–H groups in total. The minimum absolute atomic E-state index is 0.0638. The second-order valence-corrected chi connectivity index (χ2v) is 7.57. The molecule has 0 aliphatic carbocycles. The zero-order chi connectivity index (χ0) is 19.0. The van der Waals surface area contributed by atoms with Gasteiger partial charge in [-0.2, -0.15) is 0 Å². The van der Waals surface area contributed by atoms with Crippen molar-refractivity contribution in [3.63, 3.8) is 0 Å². The molecule has 0 fully saturated rings. The van der Waals surface area contributed by atoms with Gasteiger partial charge in [-0.25, -0.2) is 4.99 Å². The first-order chi connectivity index (χ1) is 13.1. The topological polar surface area (TPSA) is 74.4 Å². The van der Waals surface area contributed by atoms with Gasteiger partial charge in [0.05, 0.1) is 30.9 Å². The molecule has 2 aromatic carbocycles. The number of hydrogen-bond acceptors (Lipinski definition) is 4. The number of halogens is 1. The molecule has 1 aliphatic rings. The molecule has 0 atom stereocenters. The fourth-order valence-corrected chi connectivity index (χ4v) is 3.57. The van der Waals surface area contributed by atoms with E-state index < -0.39 is 0 Å². The van der Waals surface area contributed by atoms with Crippen molar-refractivity contribution in [2.45, 2.75) is 0 Å². The Labute approximate surface area is 165 Å². The number of rotatable bonds is 5. The Bertz CT molecular complexity index is 1070. The van der Waals surface area contributed by atoms with Crippen LogP contribution >= 0.6 is 15.9 Å². The summed E-state index contributed by atoms with van der Waals surface area (Å²) in [4.78, 5) is 14.6. The Hall–Kier alpha value is -2.64. The standard InChI is InChI=1S/C20H19BrN4O2/c1-25(2)10-11-27-24-18-12-6-3-4-9-15(12)22-19(18)16-13-7-5-8-14(21)17(13)23-20(16)26/h3-9,23,26H,10-11H2,1-2H3/p+1/b24-18+. The minimum Gasteiger partial charge on any atom is -0.494 e. The van der Waals surface area contributed by atoms with E-state index in [0.717, 1.165) is 33.2 Å². The predicted molar refractivity (Wildman–Crippen MR) is 110 cm³/mol. The van der Waals surface area contributed by atoms with E-state index in [1.165, 1.54) is 4.90 Å². The van der Waals surface area contributed by atoms with E-state index in [9.17, 15) is 5.11 Å². The lowest BCUT2D eigenvalue weighted by molar-refractivity contribution is -0.858. The van der Waals surface area contributed by atoms with Crippen molar-refractivity contribution >= 4 is 43.9 Å². The summed E-state index contributed by atoms with van der Waals surface area (Å²) in [7, 11) is 4.13. The number of aromatic amines is 1. The molecule has 1 aliphatic heterocycles. The van der Waals surface area contributed by atoms with Crippen LogP contribution in [0.15, 0.2) is 57.1 Å². The normalized spacial score (nSPS) is 14.8. The molecule has 138 valence electrons. The Morgan fingerprint density at radius 1 is 1.19 bits per heavy atom. The Morgan fingerprint density at radius 2 is 2.00 bits per heavy atom. The highest BCUT2D eigenvalue weighted by atomic mass is 79.9. The van der Waals surface area contributed by atoms with E-state index in [0.29, 0.717) is 23.6 Å². The Kier molecular flexibility index (Phi) is 4.72. The third-order valence-electron chi connectivity index (χ3n) is 4.46. The molecule has 0 unspecified atom stereocenters. The number of likely N-dealkylation sites (N-methyl/N-ethyl adjacent to an activating group) is 1. The lowest BCUT2D eigenvalue weighted by Crippen LogP contribution is -3.06. The highest BCUT2D eigenvalue weighted by molar-refractivity contribution is 9.10. The van der Waals surface area contributed by atoms with Gasteiger partial charge in [0.25, 0.3) is 0 Å². The van der Waals surface area contributed by atoms with Crippen LogP contribution in [0.3, 0.4) is 0 Å². The molecule has 2 heterocycles. The number of aromatic nitrogens is 1. The first-order valence-electron chi connectivity index (χ1n) is 8.73. The summed E-state index contributed by atoms with van der Waals surface area (Å²) >= 11 is 3.52. The number of nitrogens with zero attached hydrogens (tertiary/aromatic N) is 2. The molecule has 6 nitrogen and oxygen atoms in total. The largest absolute Gasteiger partial charge is 0.494 e. The van der Waals surface area contributed by atoms with Crippen molar-refractivity contribution in [3.8, 4) is 5.88 Å². The van der Waals surface area contributed by atoms with Gasteiger partial charge in [0.15, 0.2) is 12.5 Å². The van der Waals surface area contributed by atoms with Crippen LogP contribution in [-0.4, -0.2) is 48.8 Å². The molecule has 0 amide bonds. The van der Waals surface area contributed by atoms with Crippen LogP contribution in [0, 0.1) is 0 Å². The highest BCUT2D eigenvalue weighted by Gasteiger charge is 2.29. The molecule has 3 aromatic rings. The third kappa shape index (κ3) is 3.24. The Balaban J connectivity index is 1.81. The molecule has 0 saturated heterocycles. The monoisotopic (exact) mass is 427 g/mol. The molecule has 4 rings (SSSR count). The van der Waals surface area contributed by atoms with Gasteiger partial charge < -0.3 is 19.8 Å². The molecule has 0 saturated carbocycles. The number of hydrogen-bond donors (Lipinski definition) is 3. The number of quaternary nitrogens is 1. The summed E-state index contributed by atoms with van der Waals surface area (Å²) in [5.41, 5.74) is 4.40. The van der Waals surface area contributed by atoms with Crippen molar-refractivity contribution in [2.24, 2.45) is 10.1 Å². The lowest BCUT2D eigenvalue weighted by Gasteiger charge is -2.07. The van der Waals surface area contributed by atoms with Gasteiger partial charge in [0.1, 0.15) is 18.0 Å². The zero-order valence-electron chi connectivity index (χ0n) is 15.1. The average Bonchev–Trinajstić information content (AvgIpc) is 3.16. The summed E-state index contributed by atoms with van der Waals surface area (Å²) in [6, 6.07) is 13.6. The first-order valence-corrected chi connectivity index (χ1v) is 9.52. The predicted octanol–water partition coefficient (Wildman–Crippen LogP) is 2.64. The molecule has 27 heavy (non-hydrogen) atoms. The maximum Gasteiger partial charge on any atom is 0.199 e. The summed E-state index contributed by atoms with van der Waals surface area (Å²) in [6.07, 6.45) is 0. The molecular formula is C20H20BrN4O2+. The van der Waals surface area contributed by atoms with Crippen LogP contribution in [-0.2, 0) is 4.84 Å². The Morgan fingerprint density at radius 3 is 2.81 bits per heavy atom. The van der Waals surface area contributed by atoms with Crippen LogP contribution in [0.1, 0.15) is 11.1 Å². The summed E-state index contributed by atoms with van der Waals surface area (Å²) < 4.78 is 0.876. The van der Waals surface area contributed by atoms with Crippen LogP contribution in [0.4, 0.5) is 5.69 Å². The summed E-state index contributed by atoms with van der Waals surface area (Å²) in [5, 5.41) is 15.9. The van der Waals surface area contributed by atoms with Crippen LogP contribution in [0.5, 0.6) is 5.88 Å². The van der Waals surface area contributed by atoms with Gasteiger partial charge in [-0.15, -0.1) is 0 Å². The molecule has 0 bridgehead atoms. The third-order valence-corrected chi connectivity index (χ3v) is 5.13. The fraction of sp³-hybridized carbons (Fsp3) is 0.200. The minimum atomic E-state index is 0.0638. The number of H-pyrrole nitrogens is 1. The van der Waals surface area contributed by atoms with E-state index in [1.807, 2.05) is 42.5 Å². The maximum absolute atomic E-state index is 10.6. The van der Waals surface area contributed by atoms with Gasteiger partial charge in [0, 0.05) is 15.4 Å². The van der Waals surface area contributed by atoms with Gasteiger partial charge in [-0.05, 0) is 28.1 Å².